The molecule has 1 aromatic heterocycles. The number of fused-ring (bicyclic) bond motifs is 1. The summed E-state index contributed by atoms with van der Waals surface area (Å²) < 4.78 is 18.9. The van der Waals surface area contributed by atoms with Gasteiger partial charge in [-0.3, -0.25) is 9.69 Å². The van der Waals surface area contributed by atoms with Crippen LogP contribution in [0.3, 0.4) is 0 Å². The highest BCUT2D eigenvalue weighted by molar-refractivity contribution is 6.99. The summed E-state index contributed by atoms with van der Waals surface area (Å²) in [7, 11) is 3.34. The van der Waals surface area contributed by atoms with Crippen molar-refractivity contribution in [1.29, 1.82) is 0 Å². The third-order valence-corrected chi connectivity index (χ3v) is 6.01. The molecule has 8 heteroatoms. The van der Waals surface area contributed by atoms with Crippen molar-refractivity contribution in [1.82, 2.24) is 18.5 Å². The van der Waals surface area contributed by atoms with Crippen molar-refractivity contribution in [3.63, 3.8) is 0 Å². The summed E-state index contributed by atoms with van der Waals surface area (Å²) in [6, 6.07) is 4.56. The molecule has 7 nitrogen and oxygen atoms in total. The van der Waals surface area contributed by atoms with Gasteiger partial charge in [-0.15, -0.1) is 0 Å². The minimum atomic E-state index is -0.00253. The second kappa shape index (κ2) is 7.82. The van der Waals surface area contributed by atoms with Crippen molar-refractivity contribution in [3.8, 4) is 11.5 Å². The third kappa shape index (κ3) is 3.64. The van der Waals surface area contributed by atoms with Gasteiger partial charge >= 0.3 is 0 Å². The van der Waals surface area contributed by atoms with Crippen molar-refractivity contribution < 1.29 is 14.3 Å². The summed E-state index contributed by atoms with van der Waals surface area (Å²) in [5.74, 6) is 1.56. The maximum Gasteiger partial charge on any atom is 0.275 e. The summed E-state index contributed by atoms with van der Waals surface area (Å²) >= 11 is 1.08. The number of nitrogens with zero attached hydrogens (tertiary/aromatic N) is 4. The SMILES string of the molecule is COc1cc2c(cc1OC)CN(C1CCCN(C(=O)c3cnsn3)C1)CC2. The highest BCUT2D eigenvalue weighted by Gasteiger charge is 2.31. The molecular weight excluding hydrogens is 364 g/mol. The molecule has 1 aromatic carbocycles. The average molecular weight is 388 g/mol. The molecule has 2 aliphatic heterocycles. The van der Waals surface area contributed by atoms with E-state index in [-0.39, 0.29) is 5.91 Å². The van der Waals surface area contributed by atoms with E-state index in [1.54, 1.807) is 20.4 Å². The highest BCUT2D eigenvalue weighted by atomic mass is 32.1. The van der Waals surface area contributed by atoms with E-state index >= 15 is 0 Å². The number of piperidine rings is 1. The van der Waals surface area contributed by atoms with Crippen LogP contribution in [-0.2, 0) is 13.0 Å². The van der Waals surface area contributed by atoms with Crippen molar-refractivity contribution in [2.45, 2.75) is 31.8 Å². The molecule has 0 saturated carbocycles. The summed E-state index contributed by atoms with van der Waals surface area (Å²) in [6.07, 6.45) is 4.68. The van der Waals surface area contributed by atoms with Crippen molar-refractivity contribution in [2.24, 2.45) is 0 Å². The first-order chi connectivity index (χ1) is 13.2. The van der Waals surface area contributed by atoms with Gasteiger partial charge in [-0.25, -0.2) is 0 Å². The molecule has 0 spiro atoms. The number of methoxy groups -OCH3 is 2. The second-order valence-electron chi connectivity index (χ2n) is 7.04. The fraction of sp³-hybridized carbons (Fsp3) is 0.526. The van der Waals surface area contributed by atoms with Gasteiger partial charge in [-0.2, -0.15) is 8.75 Å². The van der Waals surface area contributed by atoms with Crippen LogP contribution in [0.5, 0.6) is 11.5 Å². The maximum absolute atomic E-state index is 12.6. The molecule has 0 N–H and O–H groups in total. The summed E-state index contributed by atoms with van der Waals surface area (Å²) in [4.78, 5) is 17.0. The van der Waals surface area contributed by atoms with Gasteiger partial charge in [0, 0.05) is 32.2 Å². The third-order valence-electron chi connectivity index (χ3n) is 5.53. The molecule has 1 unspecified atom stereocenters. The van der Waals surface area contributed by atoms with Gasteiger partial charge in [0.05, 0.1) is 32.1 Å². The molecule has 2 aliphatic rings. The maximum atomic E-state index is 12.6. The number of amides is 1. The Hall–Kier alpha value is -2.19. The van der Waals surface area contributed by atoms with Crippen molar-refractivity contribution in [3.05, 3.63) is 35.2 Å². The highest BCUT2D eigenvalue weighted by Crippen LogP contribution is 2.34. The van der Waals surface area contributed by atoms with E-state index in [0.29, 0.717) is 11.7 Å². The van der Waals surface area contributed by atoms with E-state index in [1.165, 1.54) is 11.1 Å². The van der Waals surface area contributed by atoms with E-state index in [0.717, 1.165) is 68.7 Å². The molecule has 2 aromatic rings. The Kier molecular flexibility index (Phi) is 5.27. The Bertz CT molecular complexity index is 812. The lowest BCUT2D eigenvalue weighted by Crippen LogP contribution is -2.51. The predicted octanol–water partition coefficient (Wildman–Crippen LogP) is 2.22. The normalized spacial score (nSPS) is 20.2. The number of aromatic nitrogens is 2. The fourth-order valence-corrected chi connectivity index (χ4v) is 4.48. The molecule has 27 heavy (non-hydrogen) atoms. The first kappa shape index (κ1) is 18.2. The van der Waals surface area contributed by atoms with E-state index in [9.17, 15) is 4.79 Å². The predicted molar refractivity (Wildman–Crippen MR) is 102 cm³/mol. The molecule has 1 fully saturated rings. The Morgan fingerprint density at radius 2 is 1.96 bits per heavy atom. The van der Waals surface area contributed by atoms with Crippen LogP contribution in [-0.4, -0.2) is 64.3 Å². The fourth-order valence-electron chi connectivity index (χ4n) is 4.07. The lowest BCUT2D eigenvalue weighted by molar-refractivity contribution is 0.0544. The van der Waals surface area contributed by atoms with Crippen molar-refractivity contribution >= 4 is 17.6 Å². The zero-order valence-corrected chi connectivity index (χ0v) is 16.5. The lowest BCUT2D eigenvalue weighted by atomic mass is 9.95. The van der Waals surface area contributed by atoms with Crippen molar-refractivity contribution in [2.75, 3.05) is 33.9 Å². The van der Waals surface area contributed by atoms with Gasteiger partial charge in [0.1, 0.15) is 0 Å². The number of hydrogen-bond donors (Lipinski definition) is 0. The van der Waals surface area contributed by atoms with E-state index in [1.807, 2.05) is 4.90 Å². The van der Waals surface area contributed by atoms with Gasteiger partial charge in [-0.1, -0.05) is 0 Å². The Balaban J connectivity index is 1.47. The van der Waals surface area contributed by atoms with E-state index in [4.69, 9.17) is 9.47 Å². The van der Waals surface area contributed by atoms with Crippen LogP contribution in [0.1, 0.15) is 34.5 Å². The quantitative estimate of drug-likeness (QED) is 0.800. The average Bonchev–Trinajstić information content (AvgIpc) is 3.26. The van der Waals surface area contributed by atoms with Crippen LogP contribution in [0.2, 0.25) is 0 Å². The molecule has 1 saturated heterocycles. The molecule has 144 valence electrons. The standard InChI is InChI=1S/C19H24N4O3S/c1-25-17-8-13-5-7-22(11-14(13)9-18(17)26-2)15-4-3-6-23(12-15)19(24)16-10-20-27-21-16/h8-10,15H,3-7,11-12H2,1-2H3. The summed E-state index contributed by atoms with van der Waals surface area (Å²) in [5, 5.41) is 0. The Labute approximate surface area is 163 Å². The molecule has 4 rings (SSSR count). The number of carbonyl (C=O) groups excluding carboxylic acids is 1. The largest absolute Gasteiger partial charge is 0.493 e. The van der Waals surface area contributed by atoms with Gasteiger partial charge in [0.2, 0.25) is 0 Å². The number of carbonyl (C=O) groups is 1. The molecule has 1 atom stereocenters. The molecule has 1 amide bonds. The summed E-state index contributed by atoms with van der Waals surface area (Å²) in [6.45, 7) is 3.41. The van der Waals surface area contributed by atoms with Gasteiger partial charge in [-0.05, 0) is 42.5 Å². The first-order valence-corrected chi connectivity index (χ1v) is 9.97. The number of ether oxygens (including phenoxy) is 2. The number of likely N-dealkylation sites (tertiary alicyclic amines) is 1. The second-order valence-corrected chi connectivity index (χ2v) is 7.59. The van der Waals surface area contributed by atoms with Crippen LogP contribution < -0.4 is 9.47 Å². The minimum Gasteiger partial charge on any atom is -0.493 e. The van der Waals surface area contributed by atoms with Crippen LogP contribution in [0.15, 0.2) is 18.3 Å². The van der Waals surface area contributed by atoms with Gasteiger partial charge < -0.3 is 14.4 Å². The molecule has 0 radical (unpaired) electrons. The lowest BCUT2D eigenvalue weighted by Gasteiger charge is -2.41. The van der Waals surface area contributed by atoms with Crippen LogP contribution in [0.4, 0.5) is 0 Å². The Morgan fingerprint density at radius 3 is 2.67 bits per heavy atom. The van der Waals surface area contributed by atoms with Gasteiger partial charge in [0.25, 0.3) is 5.91 Å². The minimum absolute atomic E-state index is 0.00253. The summed E-state index contributed by atoms with van der Waals surface area (Å²) in [5.41, 5.74) is 3.06. The van der Waals surface area contributed by atoms with Gasteiger partial charge in [0.15, 0.2) is 17.2 Å². The molecule has 0 aliphatic carbocycles. The molecular formula is C19H24N4O3S. The van der Waals surface area contributed by atoms with Crippen LogP contribution in [0, 0.1) is 0 Å². The zero-order valence-electron chi connectivity index (χ0n) is 15.7. The zero-order chi connectivity index (χ0) is 18.8. The van der Waals surface area contributed by atoms with Crippen LogP contribution in [0.25, 0.3) is 0 Å². The number of hydrogen-bond acceptors (Lipinski definition) is 7. The smallest absolute Gasteiger partial charge is 0.275 e. The van der Waals surface area contributed by atoms with E-state index < -0.39 is 0 Å². The van der Waals surface area contributed by atoms with Crippen LogP contribution >= 0.6 is 11.7 Å². The Morgan fingerprint density at radius 1 is 1.19 bits per heavy atom. The monoisotopic (exact) mass is 388 g/mol. The van der Waals surface area contributed by atoms with E-state index in [2.05, 4.69) is 25.8 Å². The topological polar surface area (TPSA) is 67.8 Å². The molecule has 3 heterocycles. The number of rotatable bonds is 4. The molecule has 0 bridgehead atoms. The number of benzene rings is 1. The first-order valence-electron chi connectivity index (χ1n) is 9.24.